The predicted octanol–water partition coefficient (Wildman–Crippen LogP) is 2.58. The number of rotatable bonds is 0. The molecule has 2 atom stereocenters. The SMILES string of the molecule is CN1c2ccc(C(F)(F)F)cc2NCC2COCC21. The number of nitrogens with one attached hydrogen (secondary N) is 1. The number of hydrogen-bond acceptors (Lipinski definition) is 3. The molecule has 1 fully saturated rings. The lowest BCUT2D eigenvalue weighted by molar-refractivity contribution is -0.137. The predicted molar refractivity (Wildman–Crippen MR) is 66.4 cm³/mol. The number of anilines is 2. The first-order valence-corrected chi connectivity index (χ1v) is 6.22. The Bertz CT molecular complexity index is 489. The first kappa shape index (κ1) is 12.6. The Kier molecular flexibility index (Phi) is 2.85. The van der Waals surface area contributed by atoms with Crippen LogP contribution in [-0.2, 0) is 10.9 Å². The number of ether oxygens (including phenoxy) is 1. The standard InChI is InChI=1S/C13H15F3N2O/c1-18-11-3-2-9(13(14,15)16)4-10(11)17-5-8-6-19-7-12(8)18/h2-4,8,12,17H,5-7H2,1H3. The van der Waals surface area contributed by atoms with Crippen molar-refractivity contribution in [1.82, 2.24) is 0 Å². The zero-order chi connectivity index (χ0) is 13.6. The van der Waals surface area contributed by atoms with Gasteiger partial charge in [-0.05, 0) is 18.2 Å². The van der Waals surface area contributed by atoms with Crippen molar-refractivity contribution in [2.75, 3.05) is 37.0 Å². The van der Waals surface area contributed by atoms with Crippen molar-refractivity contribution in [3.63, 3.8) is 0 Å². The molecule has 0 bridgehead atoms. The topological polar surface area (TPSA) is 24.5 Å². The number of halogens is 3. The molecule has 19 heavy (non-hydrogen) atoms. The second-order valence-corrected chi connectivity index (χ2v) is 5.09. The van der Waals surface area contributed by atoms with Crippen LogP contribution in [0.5, 0.6) is 0 Å². The third-order valence-electron chi connectivity index (χ3n) is 3.92. The molecule has 104 valence electrons. The van der Waals surface area contributed by atoms with E-state index in [0.29, 0.717) is 31.4 Å². The number of benzene rings is 1. The van der Waals surface area contributed by atoms with Crippen LogP contribution in [0.2, 0.25) is 0 Å². The van der Waals surface area contributed by atoms with Gasteiger partial charge in [0.15, 0.2) is 0 Å². The Morgan fingerprint density at radius 2 is 2.11 bits per heavy atom. The molecule has 2 unspecified atom stereocenters. The maximum atomic E-state index is 12.7. The monoisotopic (exact) mass is 272 g/mol. The molecular formula is C13H15F3N2O. The maximum absolute atomic E-state index is 12.7. The van der Waals surface area contributed by atoms with Crippen LogP contribution < -0.4 is 10.2 Å². The summed E-state index contributed by atoms with van der Waals surface area (Å²) in [5.74, 6) is 0.312. The van der Waals surface area contributed by atoms with Crippen molar-refractivity contribution in [2.24, 2.45) is 5.92 Å². The van der Waals surface area contributed by atoms with Gasteiger partial charge in [0.05, 0.1) is 36.2 Å². The lowest BCUT2D eigenvalue weighted by atomic mass is 10.0. The molecule has 0 saturated carbocycles. The van der Waals surface area contributed by atoms with Gasteiger partial charge in [0.25, 0.3) is 0 Å². The minimum Gasteiger partial charge on any atom is -0.383 e. The van der Waals surface area contributed by atoms with Gasteiger partial charge in [0.1, 0.15) is 0 Å². The maximum Gasteiger partial charge on any atom is 0.416 e. The highest BCUT2D eigenvalue weighted by Crippen LogP contribution is 2.38. The second kappa shape index (κ2) is 4.30. The van der Waals surface area contributed by atoms with Crippen molar-refractivity contribution < 1.29 is 17.9 Å². The highest BCUT2D eigenvalue weighted by Gasteiger charge is 2.36. The average Bonchev–Trinajstić information content (AvgIpc) is 2.78. The van der Waals surface area contributed by atoms with Crippen LogP contribution in [0.25, 0.3) is 0 Å². The minimum atomic E-state index is -4.30. The Labute approximate surface area is 109 Å². The summed E-state index contributed by atoms with van der Waals surface area (Å²) >= 11 is 0. The van der Waals surface area contributed by atoms with Crippen LogP contribution in [0.3, 0.4) is 0 Å². The summed E-state index contributed by atoms with van der Waals surface area (Å²) < 4.78 is 43.6. The van der Waals surface area contributed by atoms with Gasteiger partial charge in [0, 0.05) is 19.5 Å². The number of nitrogens with zero attached hydrogens (tertiary/aromatic N) is 1. The van der Waals surface area contributed by atoms with E-state index >= 15 is 0 Å². The number of fused-ring (bicyclic) bond motifs is 2. The van der Waals surface area contributed by atoms with Crippen LogP contribution in [-0.4, -0.2) is 32.8 Å². The molecule has 1 aromatic rings. The third kappa shape index (κ3) is 2.14. The molecule has 0 aromatic heterocycles. The molecule has 1 N–H and O–H groups in total. The van der Waals surface area contributed by atoms with E-state index in [4.69, 9.17) is 4.74 Å². The molecule has 2 aliphatic rings. The molecule has 2 aliphatic heterocycles. The van der Waals surface area contributed by atoms with E-state index in [1.165, 1.54) is 12.1 Å². The third-order valence-corrected chi connectivity index (χ3v) is 3.92. The van der Waals surface area contributed by atoms with Crippen LogP contribution in [0, 0.1) is 5.92 Å². The van der Waals surface area contributed by atoms with E-state index in [-0.39, 0.29) is 6.04 Å². The summed E-state index contributed by atoms with van der Waals surface area (Å²) in [7, 11) is 1.91. The quantitative estimate of drug-likeness (QED) is 0.785. The number of likely N-dealkylation sites (N-methyl/N-ethyl adjacent to an activating group) is 1. The largest absolute Gasteiger partial charge is 0.416 e. The average molecular weight is 272 g/mol. The van der Waals surface area contributed by atoms with E-state index in [1.54, 1.807) is 0 Å². The van der Waals surface area contributed by atoms with Crippen LogP contribution in [0.1, 0.15) is 5.56 Å². The fourth-order valence-electron chi connectivity index (χ4n) is 2.79. The van der Waals surface area contributed by atoms with E-state index in [1.807, 2.05) is 11.9 Å². The van der Waals surface area contributed by atoms with E-state index < -0.39 is 11.7 Å². The molecule has 6 heteroatoms. The summed E-state index contributed by atoms with van der Waals surface area (Å²) in [6.45, 7) is 1.93. The molecule has 0 radical (unpaired) electrons. The molecule has 3 rings (SSSR count). The lowest BCUT2D eigenvalue weighted by Crippen LogP contribution is -2.37. The zero-order valence-corrected chi connectivity index (χ0v) is 10.5. The Morgan fingerprint density at radius 1 is 1.32 bits per heavy atom. The van der Waals surface area contributed by atoms with Gasteiger partial charge in [-0.3, -0.25) is 0 Å². The normalized spacial score (nSPS) is 26.4. The van der Waals surface area contributed by atoms with Gasteiger partial charge in [-0.25, -0.2) is 0 Å². The first-order chi connectivity index (χ1) is 8.97. The van der Waals surface area contributed by atoms with E-state index in [2.05, 4.69) is 5.32 Å². The molecule has 1 saturated heterocycles. The lowest BCUT2D eigenvalue weighted by Gasteiger charge is -2.27. The van der Waals surface area contributed by atoms with Gasteiger partial charge in [-0.15, -0.1) is 0 Å². The van der Waals surface area contributed by atoms with Crippen LogP contribution in [0.15, 0.2) is 18.2 Å². The fourth-order valence-corrected chi connectivity index (χ4v) is 2.79. The van der Waals surface area contributed by atoms with Gasteiger partial charge in [-0.2, -0.15) is 13.2 Å². The van der Waals surface area contributed by atoms with E-state index in [0.717, 1.165) is 11.8 Å². The van der Waals surface area contributed by atoms with Crippen LogP contribution >= 0.6 is 0 Å². The summed E-state index contributed by atoms with van der Waals surface area (Å²) in [4.78, 5) is 2.02. The van der Waals surface area contributed by atoms with E-state index in [9.17, 15) is 13.2 Å². The summed E-state index contributed by atoms with van der Waals surface area (Å²) in [5, 5.41) is 3.12. The van der Waals surface area contributed by atoms with Gasteiger partial charge < -0.3 is 15.0 Å². The first-order valence-electron chi connectivity index (χ1n) is 6.22. The molecular weight excluding hydrogens is 257 g/mol. The Morgan fingerprint density at radius 3 is 2.84 bits per heavy atom. The molecule has 0 aliphatic carbocycles. The molecule has 1 aromatic carbocycles. The Balaban J connectivity index is 1.99. The van der Waals surface area contributed by atoms with Crippen molar-refractivity contribution in [3.05, 3.63) is 23.8 Å². The number of hydrogen-bond donors (Lipinski definition) is 1. The minimum absolute atomic E-state index is 0.227. The molecule has 2 heterocycles. The number of alkyl halides is 3. The van der Waals surface area contributed by atoms with Crippen molar-refractivity contribution in [1.29, 1.82) is 0 Å². The fraction of sp³-hybridized carbons (Fsp3) is 0.538. The smallest absolute Gasteiger partial charge is 0.383 e. The summed E-state index contributed by atoms with van der Waals surface area (Å²) in [5.41, 5.74) is 0.730. The van der Waals surface area contributed by atoms with Gasteiger partial charge >= 0.3 is 6.18 Å². The molecule has 0 spiro atoms. The van der Waals surface area contributed by atoms with Crippen molar-refractivity contribution in [3.8, 4) is 0 Å². The van der Waals surface area contributed by atoms with Crippen molar-refractivity contribution in [2.45, 2.75) is 12.2 Å². The zero-order valence-electron chi connectivity index (χ0n) is 10.5. The molecule has 0 amide bonds. The highest BCUT2D eigenvalue weighted by atomic mass is 19.4. The summed E-state index contributed by atoms with van der Waals surface area (Å²) in [6.07, 6.45) is -4.30. The Hall–Kier alpha value is -1.43. The summed E-state index contributed by atoms with van der Waals surface area (Å²) in [6, 6.07) is 4.08. The van der Waals surface area contributed by atoms with Gasteiger partial charge in [0.2, 0.25) is 0 Å². The second-order valence-electron chi connectivity index (χ2n) is 5.09. The van der Waals surface area contributed by atoms with Gasteiger partial charge in [-0.1, -0.05) is 0 Å². The molecule has 3 nitrogen and oxygen atoms in total. The van der Waals surface area contributed by atoms with Crippen molar-refractivity contribution >= 4 is 11.4 Å². The van der Waals surface area contributed by atoms with Crippen LogP contribution in [0.4, 0.5) is 24.5 Å². The highest BCUT2D eigenvalue weighted by molar-refractivity contribution is 5.72.